The third kappa shape index (κ3) is 5.69. The van der Waals surface area contributed by atoms with Crippen LogP contribution in [0.4, 0.5) is 11.4 Å². The van der Waals surface area contributed by atoms with Gasteiger partial charge in [-0.25, -0.2) is 0 Å². The highest BCUT2D eigenvalue weighted by molar-refractivity contribution is 6.51. The van der Waals surface area contributed by atoms with Crippen molar-refractivity contribution in [2.24, 2.45) is 5.92 Å². The van der Waals surface area contributed by atoms with Crippen molar-refractivity contribution < 1.29 is 24.2 Å². The zero-order chi connectivity index (χ0) is 29.0. The van der Waals surface area contributed by atoms with E-state index in [9.17, 15) is 14.7 Å². The first-order valence-corrected chi connectivity index (χ1v) is 13.7. The van der Waals surface area contributed by atoms with Gasteiger partial charge in [-0.05, 0) is 92.4 Å². The molecule has 0 bridgehead atoms. The molecule has 0 radical (unpaired) electrons. The summed E-state index contributed by atoms with van der Waals surface area (Å²) in [5, 5.41) is 11.5. The largest absolute Gasteiger partial charge is 0.507 e. The fraction of sp³-hybridized carbons (Fsp3) is 0.333. The molecule has 1 unspecified atom stereocenters. The molecule has 0 saturated carbocycles. The Balaban J connectivity index is 1.83. The van der Waals surface area contributed by atoms with Gasteiger partial charge in [0.1, 0.15) is 17.3 Å². The molecule has 40 heavy (non-hydrogen) atoms. The lowest BCUT2D eigenvalue weighted by atomic mass is 9.94. The van der Waals surface area contributed by atoms with Crippen LogP contribution in [0.1, 0.15) is 50.4 Å². The Morgan fingerprint density at radius 1 is 1.00 bits per heavy atom. The van der Waals surface area contributed by atoms with E-state index in [1.54, 1.807) is 37.4 Å². The number of aryl methyl sites for hydroxylation is 1. The van der Waals surface area contributed by atoms with Crippen molar-refractivity contribution >= 4 is 28.8 Å². The average molecular weight is 543 g/mol. The van der Waals surface area contributed by atoms with E-state index in [4.69, 9.17) is 9.47 Å². The van der Waals surface area contributed by atoms with Crippen molar-refractivity contribution in [3.8, 4) is 11.5 Å². The summed E-state index contributed by atoms with van der Waals surface area (Å²) in [6.45, 7) is 12.5. The number of hydrogen-bond acceptors (Lipinski definition) is 6. The van der Waals surface area contributed by atoms with Gasteiger partial charge in [-0.3, -0.25) is 14.5 Å². The Hall–Kier alpha value is -4.26. The van der Waals surface area contributed by atoms with E-state index >= 15 is 0 Å². The summed E-state index contributed by atoms with van der Waals surface area (Å²) in [5.74, 6) is -0.000323. The van der Waals surface area contributed by atoms with Crippen molar-refractivity contribution in [2.45, 2.75) is 40.7 Å². The van der Waals surface area contributed by atoms with Gasteiger partial charge in [0.05, 0.1) is 25.3 Å². The Morgan fingerprint density at radius 3 is 2.30 bits per heavy atom. The molecule has 0 spiro atoms. The molecule has 1 aliphatic rings. The minimum Gasteiger partial charge on any atom is -0.507 e. The van der Waals surface area contributed by atoms with E-state index in [2.05, 4.69) is 32.6 Å². The quantitative estimate of drug-likeness (QED) is 0.179. The minimum atomic E-state index is -0.841. The van der Waals surface area contributed by atoms with E-state index < -0.39 is 17.7 Å². The smallest absolute Gasteiger partial charge is 0.300 e. The van der Waals surface area contributed by atoms with Crippen LogP contribution in [0.15, 0.2) is 72.3 Å². The molecule has 0 aromatic heterocycles. The topological polar surface area (TPSA) is 79.3 Å². The summed E-state index contributed by atoms with van der Waals surface area (Å²) in [6.07, 6.45) is 0. The van der Waals surface area contributed by atoms with Crippen LogP contribution in [0.25, 0.3) is 5.76 Å². The maximum atomic E-state index is 13.6. The fourth-order valence-electron chi connectivity index (χ4n) is 5.01. The monoisotopic (exact) mass is 542 g/mol. The number of rotatable bonds is 10. The molecule has 0 aliphatic carbocycles. The van der Waals surface area contributed by atoms with Crippen LogP contribution in [-0.2, 0) is 9.59 Å². The Bertz CT molecular complexity index is 1410. The lowest BCUT2D eigenvalue weighted by Crippen LogP contribution is -2.29. The molecule has 1 heterocycles. The van der Waals surface area contributed by atoms with E-state index in [0.29, 0.717) is 40.8 Å². The number of hydrogen-bond donors (Lipinski definition) is 1. The first-order chi connectivity index (χ1) is 19.2. The summed E-state index contributed by atoms with van der Waals surface area (Å²) in [6, 6.07) is 19.2. The Labute approximate surface area is 236 Å². The highest BCUT2D eigenvalue weighted by Crippen LogP contribution is 2.43. The van der Waals surface area contributed by atoms with Crippen molar-refractivity contribution in [1.29, 1.82) is 0 Å². The summed E-state index contributed by atoms with van der Waals surface area (Å²) in [7, 11) is 1.56. The molecule has 1 N–H and O–H groups in total. The Morgan fingerprint density at radius 2 is 1.70 bits per heavy atom. The highest BCUT2D eigenvalue weighted by Gasteiger charge is 2.47. The minimum absolute atomic E-state index is 0.0290. The predicted molar refractivity (Wildman–Crippen MR) is 159 cm³/mol. The number of carbonyl (C=O) groups excluding carboxylic acids is 2. The third-order valence-electron chi connectivity index (χ3n) is 7.13. The molecule has 3 aromatic rings. The number of anilines is 2. The summed E-state index contributed by atoms with van der Waals surface area (Å²) < 4.78 is 11.3. The molecule has 1 amide bonds. The summed E-state index contributed by atoms with van der Waals surface area (Å²) in [5.41, 5.74) is 3.54. The van der Waals surface area contributed by atoms with Crippen LogP contribution in [0, 0.1) is 12.8 Å². The van der Waals surface area contributed by atoms with E-state index in [0.717, 1.165) is 24.3 Å². The van der Waals surface area contributed by atoms with E-state index in [-0.39, 0.29) is 11.3 Å². The van der Waals surface area contributed by atoms with Gasteiger partial charge < -0.3 is 19.5 Å². The molecular weight excluding hydrogens is 504 g/mol. The normalized spacial score (nSPS) is 16.5. The van der Waals surface area contributed by atoms with Crippen molar-refractivity contribution in [3.63, 3.8) is 0 Å². The number of ketones is 1. The molecule has 210 valence electrons. The van der Waals surface area contributed by atoms with Crippen molar-refractivity contribution in [2.75, 3.05) is 36.6 Å². The van der Waals surface area contributed by atoms with Gasteiger partial charge in [0.2, 0.25) is 0 Å². The molecule has 1 atom stereocenters. The Kier molecular flexibility index (Phi) is 8.83. The molecule has 4 rings (SSSR count). The van der Waals surface area contributed by atoms with Crippen LogP contribution in [0.5, 0.6) is 11.5 Å². The zero-order valence-electron chi connectivity index (χ0n) is 24.1. The first-order valence-electron chi connectivity index (χ1n) is 13.7. The lowest BCUT2D eigenvalue weighted by Gasteiger charge is -2.27. The number of aliphatic hydroxyl groups is 1. The van der Waals surface area contributed by atoms with Gasteiger partial charge in [0.25, 0.3) is 11.7 Å². The van der Waals surface area contributed by atoms with Crippen LogP contribution in [-0.4, -0.2) is 43.6 Å². The maximum Gasteiger partial charge on any atom is 0.300 e. The van der Waals surface area contributed by atoms with Gasteiger partial charge >= 0.3 is 0 Å². The number of aliphatic hydroxyl groups excluding tert-OH is 1. The number of nitrogens with zero attached hydrogens (tertiary/aromatic N) is 2. The van der Waals surface area contributed by atoms with Crippen LogP contribution < -0.4 is 19.3 Å². The number of amides is 1. The molecule has 3 aromatic carbocycles. The molecule has 1 aliphatic heterocycles. The molecule has 7 nitrogen and oxygen atoms in total. The SMILES string of the molecule is CCN(CC)c1ccc(N2C(=O)C(=O)/C(=C(\O)c3ccc(OCC(C)C)c(C)c3)C2c2cccc(OC)c2)cc1. The van der Waals surface area contributed by atoms with Gasteiger partial charge in [0.15, 0.2) is 0 Å². The lowest BCUT2D eigenvalue weighted by molar-refractivity contribution is -0.132. The summed E-state index contributed by atoms with van der Waals surface area (Å²) >= 11 is 0. The van der Waals surface area contributed by atoms with Gasteiger partial charge in [-0.15, -0.1) is 0 Å². The number of Topliss-reactive ketones (excluding diaryl/α,β-unsaturated/α-hetero) is 1. The third-order valence-corrected chi connectivity index (χ3v) is 7.13. The van der Waals surface area contributed by atoms with Gasteiger partial charge in [-0.1, -0.05) is 26.0 Å². The molecule has 7 heteroatoms. The number of benzene rings is 3. The van der Waals surface area contributed by atoms with Crippen LogP contribution in [0.3, 0.4) is 0 Å². The number of methoxy groups -OCH3 is 1. The van der Waals surface area contributed by atoms with Crippen LogP contribution in [0.2, 0.25) is 0 Å². The average Bonchev–Trinajstić information content (AvgIpc) is 3.22. The number of carbonyl (C=O) groups is 2. The highest BCUT2D eigenvalue weighted by atomic mass is 16.5. The first kappa shape index (κ1) is 28.7. The van der Waals surface area contributed by atoms with Gasteiger partial charge in [-0.2, -0.15) is 0 Å². The number of ether oxygens (including phenoxy) is 2. The van der Waals surface area contributed by atoms with E-state index in [1.165, 1.54) is 4.90 Å². The van der Waals surface area contributed by atoms with Crippen molar-refractivity contribution in [3.05, 3.63) is 89.0 Å². The molecule has 1 fully saturated rings. The van der Waals surface area contributed by atoms with Gasteiger partial charge in [0, 0.05) is 30.0 Å². The molecule has 1 saturated heterocycles. The zero-order valence-corrected chi connectivity index (χ0v) is 24.1. The fourth-order valence-corrected chi connectivity index (χ4v) is 5.01. The summed E-state index contributed by atoms with van der Waals surface area (Å²) in [4.78, 5) is 30.8. The second kappa shape index (κ2) is 12.3. The van der Waals surface area contributed by atoms with Crippen molar-refractivity contribution in [1.82, 2.24) is 0 Å². The standard InChI is InChI=1S/C33H38N2O5/c1-7-34(8-2)25-13-15-26(16-14-25)35-30(23-10-9-11-27(19-23)39-6)29(32(37)33(35)38)31(36)24-12-17-28(22(5)18-24)40-20-21(3)4/h9-19,21,30,36H,7-8,20H2,1-6H3/b31-29-. The van der Waals surface area contributed by atoms with Crippen LogP contribution >= 0.6 is 0 Å². The second-order valence-electron chi connectivity index (χ2n) is 10.3. The van der Waals surface area contributed by atoms with E-state index in [1.807, 2.05) is 43.3 Å². The molecular formula is C33H38N2O5. The maximum absolute atomic E-state index is 13.6. The predicted octanol–water partition coefficient (Wildman–Crippen LogP) is 6.51. The second-order valence-corrected chi connectivity index (χ2v) is 10.3.